The van der Waals surface area contributed by atoms with E-state index in [0.717, 1.165) is 25.9 Å². The van der Waals surface area contributed by atoms with Gasteiger partial charge in [0, 0.05) is 63.3 Å². The van der Waals surface area contributed by atoms with Crippen molar-refractivity contribution in [1.82, 2.24) is 51.1 Å². The Labute approximate surface area is 296 Å². The highest BCUT2D eigenvalue weighted by atomic mass is 16.6. The van der Waals surface area contributed by atoms with E-state index in [4.69, 9.17) is 13.8 Å². The highest BCUT2D eigenvalue weighted by Gasteiger charge is 2.27. The molecule has 3 N–H and O–H groups in total. The molecule has 6 rings (SSSR count). The van der Waals surface area contributed by atoms with E-state index in [-0.39, 0.29) is 36.4 Å². The Morgan fingerprint density at radius 2 is 1.27 bits per heavy atom. The number of aromatic nitrogens is 6. The average Bonchev–Trinajstić information content (AvgIpc) is 3.82. The highest BCUT2D eigenvalue weighted by molar-refractivity contribution is 5.77. The maximum atomic E-state index is 12.2. The van der Waals surface area contributed by atoms with Gasteiger partial charge < -0.3 is 34.6 Å². The fraction of sp³-hybridized carbons (Fsp3) is 0.514. The van der Waals surface area contributed by atoms with E-state index >= 15 is 0 Å². The molecule has 16 nitrogen and oxygen atoms in total. The summed E-state index contributed by atoms with van der Waals surface area (Å²) in [5.74, 6) is 1.69. The average molecular weight is 703 g/mol. The van der Waals surface area contributed by atoms with Crippen LogP contribution >= 0.6 is 0 Å². The number of piperidine rings is 2. The van der Waals surface area contributed by atoms with Crippen LogP contribution in [0.3, 0.4) is 0 Å². The van der Waals surface area contributed by atoms with Crippen molar-refractivity contribution in [2.45, 2.75) is 89.8 Å². The van der Waals surface area contributed by atoms with Gasteiger partial charge >= 0.3 is 6.09 Å². The summed E-state index contributed by atoms with van der Waals surface area (Å²) < 4.78 is 15.8. The summed E-state index contributed by atoms with van der Waals surface area (Å²) in [6.07, 6.45) is 7.83. The number of hydrogen-bond donors (Lipinski definition) is 3. The fourth-order valence-corrected chi connectivity index (χ4v) is 5.45. The molecule has 0 aliphatic carbocycles. The molecule has 0 atom stereocenters. The van der Waals surface area contributed by atoms with Crippen molar-refractivity contribution in [2.24, 2.45) is 0 Å². The minimum Gasteiger partial charge on any atom is -0.444 e. The van der Waals surface area contributed by atoms with Gasteiger partial charge in [-0.25, -0.2) is 4.79 Å². The number of amides is 3. The maximum absolute atomic E-state index is 12.2. The minimum absolute atomic E-state index is 0.0319. The van der Waals surface area contributed by atoms with E-state index < -0.39 is 5.60 Å². The number of aryl methyl sites for hydroxylation is 2. The lowest BCUT2D eigenvalue weighted by atomic mass is 10.1. The minimum atomic E-state index is -0.507. The van der Waals surface area contributed by atoms with Crippen molar-refractivity contribution in [3.63, 3.8) is 0 Å². The van der Waals surface area contributed by atoms with Crippen molar-refractivity contribution in [3.8, 4) is 23.0 Å². The van der Waals surface area contributed by atoms with E-state index in [1.807, 2.05) is 51.1 Å². The Morgan fingerprint density at radius 3 is 1.73 bits per heavy atom. The lowest BCUT2D eigenvalue weighted by Gasteiger charge is -2.33. The zero-order chi connectivity index (χ0) is 36.1. The molecular weight excluding hydrogens is 656 g/mol. The summed E-state index contributed by atoms with van der Waals surface area (Å²) in [5, 5.41) is 17.1. The SMILES string of the molecule is CC(C)(C)OC(=O)N1CCC(NC(=O)CCc2nc(-c3ccccn3)no2)CC1.O=C(CCc1nc(-c2ccccn2)no1)NC1CCNCC1. The van der Waals surface area contributed by atoms with Crippen LogP contribution in [0.15, 0.2) is 57.8 Å². The molecule has 0 unspecified atom stereocenters. The third-order valence-electron chi connectivity index (χ3n) is 8.07. The third-order valence-corrected chi connectivity index (χ3v) is 8.07. The Morgan fingerprint density at radius 1 is 0.784 bits per heavy atom. The Kier molecular flexibility index (Phi) is 13.2. The van der Waals surface area contributed by atoms with E-state index in [1.54, 1.807) is 23.4 Å². The van der Waals surface area contributed by atoms with E-state index in [2.05, 4.69) is 46.2 Å². The highest BCUT2D eigenvalue weighted by Crippen LogP contribution is 2.17. The van der Waals surface area contributed by atoms with E-state index in [9.17, 15) is 14.4 Å². The van der Waals surface area contributed by atoms with Gasteiger partial charge in [-0.2, -0.15) is 9.97 Å². The number of likely N-dealkylation sites (tertiary alicyclic amines) is 1. The Hall–Kier alpha value is -5.25. The van der Waals surface area contributed by atoms with Crippen LogP contribution in [0.1, 0.15) is 71.1 Å². The molecule has 2 aliphatic heterocycles. The van der Waals surface area contributed by atoms with Crippen LogP contribution in [0.4, 0.5) is 4.79 Å². The van der Waals surface area contributed by atoms with E-state index in [1.165, 1.54) is 0 Å². The first-order valence-electron chi connectivity index (χ1n) is 17.4. The monoisotopic (exact) mass is 702 g/mol. The fourth-order valence-electron chi connectivity index (χ4n) is 5.45. The zero-order valence-corrected chi connectivity index (χ0v) is 29.3. The van der Waals surface area contributed by atoms with Crippen molar-refractivity contribution in [2.75, 3.05) is 26.2 Å². The molecule has 51 heavy (non-hydrogen) atoms. The molecule has 2 fully saturated rings. The normalized spacial score (nSPS) is 15.4. The number of nitrogens with one attached hydrogen (secondary N) is 3. The lowest BCUT2D eigenvalue weighted by molar-refractivity contribution is -0.122. The van der Waals surface area contributed by atoms with Crippen LogP contribution < -0.4 is 16.0 Å². The van der Waals surface area contributed by atoms with Crippen LogP contribution in [0, 0.1) is 0 Å². The van der Waals surface area contributed by atoms with Gasteiger partial charge in [0.25, 0.3) is 0 Å². The number of carbonyl (C=O) groups excluding carboxylic acids is 3. The first-order valence-corrected chi connectivity index (χ1v) is 17.4. The number of hydrogen-bond acceptors (Lipinski definition) is 13. The summed E-state index contributed by atoms with van der Waals surface area (Å²) in [6.45, 7) is 8.60. The molecule has 4 aromatic rings. The van der Waals surface area contributed by atoms with Crippen LogP contribution in [0.2, 0.25) is 0 Å². The molecule has 16 heteroatoms. The molecule has 4 aromatic heterocycles. The molecule has 272 valence electrons. The number of rotatable bonds is 10. The first kappa shape index (κ1) is 37.0. The predicted molar refractivity (Wildman–Crippen MR) is 185 cm³/mol. The van der Waals surface area contributed by atoms with Crippen LogP contribution in [-0.2, 0) is 27.2 Å². The lowest BCUT2D eigenvalue weighted by Crippen LogP contribution is -2.47. The Balaban J connectivity index is 0.000000205. The van der Waals surface area contributed by atoms with E-state index in [0.29, 0.717) is 80.0 Å². The largest absolute Gasteiger partial charge is 0.444 e. The molecule has 0 spiro atoms. The van der Waals surface area contributed by atoms with Gasteiger partial charge in [-0.3, -0.25) is 19.6 Å². The summed E-state index contributed by atoms with van der Waals surface area (Å²) in [7, 11) is 0. The van der Waals surface area contributed by atoms with Gasteiger partial charge in [-0.05, 0) is 83.8 Å². The summed E-state index contributed by atoms with van der Waals surface area (Å²) in [6, 6.07) is 11.3. The summed E-state index contributed by atoms with van der Waals surface area (Å²) >= 11 is 0. The van der Waals surface area contributed by atoms with Gasteiger partial charge in [0.05, 0.1) is 0 Å². The standard InChI is InChI=1S/C20H27N5O4.C15H19N5O2/c1-20(2,3)28-19(27)25-12-9-14(10-13-25)22-16(26)7-8-17-23-18(24-29-17)15-6-4-5-11-21-15;21-13(18-11-6-9-16-10-7-11)4-5-14-19-15(20-22-14)12-3-1-2-8-17-12/h4-6,11,14H,7-10,12-13H2,1-3H3,(H,22,26);1-3,8,11,16H,4-7,9-10H2,(H,18,21). The van der Waals surface area contributed by atoms with Gasteiger partial charge in [-0.1, -0.05) is 22.4 Å². The molecule has 2 saturated heterocycles. The topological polar surface area (TPSA) is 203 Å². The maximum Gasteiger partial charge on any atom is 0.410 e. The zero-order valence-electron chi connectivity index (χ0n) is 29.3. The molecule has 3 amide bonds. The van der Waals surface area contributed by atoms with Gasteiger partial charge in [0.1, 0.15) is 17.0 Å². The van der Waals surface area contributed by atoms with Crippen LogP contribution in [-0.4, -0.2) is 96.9 Å². The second-order valence-corrected chi connectivity index (χ2v) is 13.4. The molecule has 0 bridgehead atoms. The van der Waals surface area contributed by atoms with Gasteiger partial charge in [0.15, 0.2) is 0 Å². The summed E-state index contributed by atoms with van der Waals surface area (Å²) in [5.41, 5.74) is 0.785. The molecular formula is C35H46N10O6. The van der Waals surface area contributed by atoms with Gasteiger partial charge in [0.2, 0.25) is 35.2 Å². The molecule has 0 saturated carbocycles. The number of carbonyl (C=O) groups is 3. The molecule has 0 aromatic carbocycles. The Bertz CT molecular complexity index is 1680. The summed E-state index contributed by atoms with van der Waals surface area (Å²) in [4.78, 5) is 54.8. The molecule has 2 aliphatic rings. The molecule has 0 radical (unpaired) electrons. The van der Waals surface area contributed by atoms with Crippen LogP contribution in [0.5, 0.6) is 0 Å². The number of ether oxygens (including phenoxy) is 1. The molecule has 6 heterocycles. The van der Waals surface area contributed by atoms with Crippen molar-refractivity contribution in [3.05, 3.63) is 60.6 Å². The third kappa shape index (κ3) is 12.2. The predicted octanol–water partition coefficient (Wildman–Crippen LogP) is 3.51. The smallest absolute Gasteiger partial charge is 0.410 e. The van der Waals surface area contributed by atoms with Crippen molar-refractivity contribution in [1.29, 1.82) is 0 Å². The second kappa shape index (κ2) is 18.1. The quantitative estimate of drug-likeness (QED) is 0.217. The van der Waals surface area contributed by atoms with Crippen molar-refractivity contribution < 1.29 is 28.2 Å². The van der Waals surface area contributed by atoms with Crippen molar-refractivity contribution >= 4 is 17.9 Å². The number of nitrogens with zero attached hydrogens (tertiary/aromatic N) is 7. The van der Waals surface area contributed by atoms with Gasteiger partial charge in [-0.15, -0.1) is 0 Å². The second-order valence-electron chi connectivity index (χ2n) is 13.4. The first-order chi connectivity index (χ1) is 24.6. The van der Waals surface area contributed by atoms with Crippen LogP contribution in [0.25, 0.3) is 23.0 Å². The number of pyridine rings is 2.